The highest BCUT2D eigenvalue weighted by Crippen LogP contribution is 2.32. The van der Waals surface area contributed by atoms with Crippen molar-refractivity contribution in [3.05, 3.63) is 31.8 Å². The number of rotatable bonds is 4. The van der Waals surface area contributed by atoms with Crippen LogP contribution in [0.25, 0.3) is 0 Å². The molecule has 0 atom stereocenters. The van der Waals surface area contributed by atoms with E-state index in [1.165, 1.54) is 12.8 Å². The van der Waals surface area contributed by atoms with Crippen molar-refractivity contribution in [1.29, 1.82) is 0 Å². The summed E-state index contributed by atoms with van der Waals surface area (Å²) in [5.41, 5.74) is 0.808. The number of nitrogens with zero attached hydrogens (tertiary/aromatic N) is 1. The van der Waals surface area contributed by atoms with E-state index in [0.29, 0.717) is 12.0 Å². The molecule has 1 aliphatic carbocycles. The summed E-state index contributed by atoms with van der Waals surface area (Å²) in [6, 6.07) is 6.46. The van der Waals surface area contributed by atoms with Gasteiger partial charge in [-0.2, -0.15) is 0 Å². The van der Waals surface area contributed by atoms with E-state index in [9.17, 15) is 4.79 Å². The van der Waals surface area contributed by atoms with Crippen LogP contribution in [0.15, 0.2) is 22.7 Å². The number of benzene rings is 1. The van der Waals surface area contributed by atoms with E-state index in [1.54, 1.807) is 0 Å². The second-order valence-electron chi connectivity index (χ2n) is 6.01. The van der Waals surface area contributed by atoms with Gasteiger partial charge in [-0.15, -0.1) is 0 Å². The van der Waals surface area contributed by atoms with Crippen molar-refractivity contribution in [3.63, 3.8) is 0 Å². The van der Waals surface area contributed by atoms with Gasteiger partial charge in [0.15, 0.2) is 0 Å². The average Bonchev–Trinajstić information content (AvgIpc) is 3.32. The molecule has 2 fully saturated rings. The Morgan fingerprint density at radius 1 is 1.29 bits per heavy atom. The molecule has 0 aromatic heterocycles. The van der Waals surface area contributed by atoms with Gasteiger partial charge in [0.2, 0.25) is 0 Å². The van der Waals surface area contributed by atoms with E-state index in [4.69, 9.17) is 0 Å². The summed E-state index contributed by atoms with van der Waals surface area (Å²) in [7, 11) is 0. The standard InChI is InChI=1S/C16H20BrIN2O/c17-15-4-1-12(18)9-14(15)16(21)20(13-2-3-13)10-11-5-7-19-8-6-11/h1,4,9,11,13,19H,2-3,5-8,10H2. The molecule has 2 aliphatic rings. The van der Waals surface area contributed by atoms with Gasteiger partial charge in [-0.25, -0.2) is 0 Å². The van der Waals surface area contributed by atoms with Crippen LogP contribution in [-0.2, 0) is 0 Å². The number of piperidine rings is 1. The normalized spacial score (nSPS) is 19.5. The minimum atomic E-state index is 0.196. The molecule has 1 saturated heterocycles. The summed E-state index contributed by atoms with van der Waals surface area (Å²) >= 11 is 5.80. The number of amides is 1. The van der Waals surface area contributed by atoms with Gasteiger partial charge in [0, 0.05) is 20.6 Å². The van der Waals surface area contributed by atoms with Crippen LogP contribution < -0.4 is 5.32 Å². The van der Waals surface area contributed by atoms with E-state index in [2.05, 4.69) is 48.7 Å². The molecule has 21 heavy (non-hydrogen) atoms. The van der Waals surface area contributed by atoms with Crippen molar-refractivity contribution in [2.24, 2.45) is 5.92 Å². The maximum absolute atomic E-state index is 13.0. The minimum absolute atomic E-state index is 0.196. The fraction of sp³-hybridized carbons (Fsp3) is 0.562. The van der Waals surface area contributed by atoms with Gasteiger partial charge in [-0.05, 0) is 101 Å². The number of hydrogen-bond donors (Lipinski definition) is 1. The molecule has 0 unspecified atom stereocenters. The summed E-state index contributed by atoms with van der Waals surface area (Å²) in [5.74, 6) is 0.846. The van der Waals surface area contributed by atoms with E-state index in [1.807, 2.05) is 18.2 Å². The van der Waals surface area contributed by atoms with Gasteiger partial charge in [0.1, 0.15) is 0 Å². The maximum atomic E-state index is 13.0. The highest BCUT2D eigenvalue weighted by Gasteiger charge is 2.35. The number of hydrogen-bond acceptors (Lipinski definition) is 2. The summed E-state index contributed by atoms with van der Waals surface area (Å²) in [4.78, 5) is 15.1. The maximum Gasteiger partial charge on any atom is 0.255 e. The quantitative estimate of drug-likeness (QED) is 0.692. The highest BCUT2D eigenvalue weighted by atomic mass is 127. The zero-order valence-corrected chi connectivity index (χ0v) is 15.7. The van der Waals surface area contributed by atoms with Crippen LogP contribution in [-0.4, -0.2) is 36.5 Å². The minimum Gasteiger partial charge on any atom is -0.335 e. The van der Waals surface area contributed by atoms with E-state index < -0.39 is 0 Å². The van der Waals surface area contributed by atoms with Crippen LogP contribution in [0.2, 0.25) is 0 Å². The molecule has 0 spiro atoms. The summed E-state index contributed by atoms with van der Waals surface area (Å²) in [6.45, 7) is 3.09. The second kappa shape index (κ2) is 6.96. The molecular formula is C16H20BrIN2O. The van der Waals surface area contributed by atoms with Crippen molar-refractivity contribution in [2.45, 2.75) is 31.7 Å². The lowest BCUT2D eigenvalue weighted by Crippen LogP contribution is -2.40. The van der Waals surface area contributed by atoms with Crippen molar-refractivity contribution in [2.75, 3.05) is 19.6 Å². The lowest BCUT2D eigenvalue weighted by Gasteiger charge is -2.30. The monoisotopic (exact) mass is 462 g/mol. The Labute approximate surface area is 148 Å². The smallest absolute Gasteiger partial charge is 0.255 e. The molecule has 3 rings (SSSR count). The molecule has 1 saturated carbocycles. The van der Waals surface area contributed by atoms with Crippen molar-refractivity contribution < 1.29 is 4.79 Å². The molecular weight excluding hydrogens is 443 g/mol. The third-order valence-electron chi connectivity index (χ3n) is 4.32. The SMILES string of the molecule is O=C(c1cc(I)ccc1Br)N(CC1CCNCC1)C1CC1. The fourth-order valence-corrected chi connectivity index (χ4v) is 3.85. The lowest BCUT2D eigenvalue weighted by molar-refractivity contribution is 0.0700. The van der Waals surface area contributed by atoms with Crippen molar-refractivity contribution in [3.8, 4) is 0 Å². The first-order chi connectivity index (χ1) is 10.1. The Morgan fingerprint density at radius 3 is 2.67 bits per heavy atom. The van der Waals surface area contributed by atoms with Gasteiger partial charge in [-0.3, -0.25) is 4.79 Å². The lowest BCUT2D eigenvalue weighted by atomic mass is 9.97. The first-order valence-corrected chi connectivity index (χ1v) is 9.49. The molecule has 0 radical (unpaired) electrons. The van der Waals surface area contributed by atoms with Gasteiger partial charge in [-0.1, -0.05) is 0 Å². The zero-order valence-electron chi connectivity index (χ0n) is 11.9. The Bertz CT molecular complexity index is 527. The average molecular weight is 463 g/mol. The molecule has 1 heterocycles. The van der Waals surface area contributed by atoms with Gasteiger partial charge in [0.25, 0.3) is 5.91 Å². The van der Waals surface area contributed by atoms with E-state index in [0.717, 1.165) is 46.1 Å². The molecule has 1 N–H and O–H groups in total. The first kappa shape index (κ1) is 15.7. The Kier molecular flexibility index (Phi) is 5.22. The Hall–Kier alpha value is -0.140. The summed E-state index contributed by atoms with van der Waals surface area (Å²) in [6.07, 6.45) is 4.70. The fourth-order valence-electron chi connectivity index (χ4n) is 2.94. The number of halogens is 2. The van der Waals surface area contributed by atoms with Gasteiger partial charge >= 0.3 is 0 Å². The molecule has 114 valence electrons. The van der Waals surface area contributed by atoms with Gasteiger partial charge in [0.05, 0.1) is 5.56 Å². The van der Waals surface area contributed by atoms with Crippen LogP contribution in [0.1, 0.15) is 36.0 Å². The third kappa shape index (κ3) is 3.99. The third-order valence-corrected chi connectivity index (χ3v) is 5.68. The van der Waals surface area contributed by atoms with Crippen molar-refractivity contribution >= 4 is 44.4 Å². The van der Waals surface area contributed by atoms with E-state index in [-0.39, 0.29) is 5.91 Å². The molecule has 5 heteroatoms. The highest BCUT2D eigenvalue weighted by molar-refractivity contribution is 14.1. The number of nitrogens with one attached hydrogen (secondary N) is 1. The Morgan fingerprint density at radius 2 is 2.00 bits per heavy atom. The predicted molar refractivity (Wildman–Crippen MR) is 96.5 cm³/mol. The molecule has 1 amide bonds. The van der Waals surface area contributed by atoms with Crippen LogP contribution in [0.5, 0.6) is 0 Å². The van der Waals surface area contributed by atoms with Crippen LogP contribution in [0.3, 0.4) is 0 Å². The zero-order chi connectivity index (χ0) is 14.8. The molecule has 0 bridgehead atoms. The van der Waals surface area contributed by atoms with Crippen molar-refractivity contribution in [1.82, 2.24) is 10.2 Å². The van der Waals surface area contributed by atoms with Gasteiger partial charge < -0.3 is 10.2 Å². The summed E-state index contributed by atoms with van der Waals surface area (Å²) in [5, 5.41) is 3.40. The summed E-state index contributed by atoms with van der Waals surface area (Å²) < 4.78 is 2.01. The van der Waals surface area contributed by atoms with Crippen LogP contribution >= 0.6 is 38.5 Å². The van der Waals surface area contributed by atoms with Crippen LogP contribution in [0.4, 0.5) is 0 Å². The molecule has 1 aromatic carbocycles. The van der Waals surface area contributed by atoms with Crippen LogP contribution in [0, 0.1) is 9.49 Å². The predicted octanol–water partition coefficient (Wildman–Crippen LogP) is 3.66. The molecule has 3 nitrogen and oxygen atoms in total. The molecule has 1 aromatic rings. The largest absolute Gasteiger partial charge is 0.335 e. The number of carbonyl (C=O) groups is 1. The number of carbonyl (C=O) groups excluding carboxylic acids is 1. The second-order valence-corrected chi connectivity index (χ2v) is 8.11. The Balaban J connectivity index is 1.76. The first-order valence-electron chi connectivity index (χ1n) is 7.62. The van der Waals surface area contributed by atoms with E-state index >= 15 is 0 Å². The molecule has 1 aliphatic heterocycles. The topological polar surface area (TPSA) is 32.3 Å².